The molecule has 0 bridgehead atoms. The Kier molecular flexibility index (Phi) is 3.89. The molecule has 1 N–H and O–H groups in total. The zero-order chi connectivity index (χ0) is 14.8. The summed E-state index contributed by atoms with van der Waals surface area (Å²) in [5, 5.41) is 3.70. The first-order chi connectivity index (χ1) is 10.2. The monoisotopic (exact) mass is 279 g/mol. The fraction of sp³-hybridized carbons (Fsp3) is 0.316. The van der Waals surface area contributed by atoms with Crippen molar-refractivity contribution in [3.8, 4) is 0 Å². The van der Waals surface area contributed by atoms with Crippen LogP contribution in [0.15, 0.2) is 60.7 Å². The average molecular weight is 279 g/mol. The van der Waals surface area contributed by atoms with Gasteiger partial charge in [-0.2, -0.15) is 0 Å². The highest BCUT2D eigenvalue weighted by Crippen LogP contribution is 2.37. The molecule has 0 saturated carbocycles. The van der Waals surface area contributed by atoms with Crippen LogP contribution >= 0.6 is 0 Å². The standard InChI is InChI=1S/C19H21NO/c1-13-17(15-9-5-3-6-10-15)20-18(14(2)19(13)21)16-11-7-4-8-12-16/h3-14,17-18,20H,1-2H3. The lowest BCUT2D eigenvalue weighted by molar-refractivity contribution is -0.130. The van der Waals surface area contributed by atoms with Gasteiger partial charge in [0.15, 0.2) is 0 Å². The molecule has 0 aromatic heterocycles. The van der Waals surface area contributed by atoms with Crippen LogP contribution in [0.25, 0.3) is 0 Å². The average Bonchev–Trinajstić information content (AvgIpc) is 2.55. The largest absolute Gasteiger partial charge is 0.302 e. The molecule has 0 radical (unpaired) electrons. The summed E-state index contributed by atoms with van der Waals surface area (Å²) in [5.41, 5.74) is 2.37. The van der Waals surface area contributed by atoms with Crippen molar-refractivity contribution in [2.45, 2.75) is 25.9 Å². The molecule has 2 aromatic rings. The van der Waals surface area contributed by atoms with E-state index in [1.165, 1.54) is 11.1 Å². The molecule has 4 unspecified atom stereocenters. The molecule has 1 fully saturated rings. The molecule has 1 heterocycles. The van der Waals surface area contributed by atoms with Crippen molar-refractivity contribution in [2.24, 2.45) is 11.8 Å². The van der Waals surface area contributed by atoms with E-state index in [1.807, 2.05) is 50.2 Å². The Morgan fingerprint density at radius 1 is 0.714 bits per heavy atom. The van der Waals surface area contributed by atoms with Crippen LogP contribution < -0.4 is 5.32 Å². The number of carbonyl (C=O) groups excluding carboxylic acids is 1. The maximum atomic E-state index is 12.7. The maximum absolute atomic E-state index is 12.7. The molecular weight excluding hydrogens is 258 g/mol. The van der Waals surface area contributed by atoms with E-state index in [1.54, 1.807) is 0 Å². The molecule has 21 heavy (non-hydrogen) atoms. The number of Topliss-reactive ketones (excluding diaryl/α,β-unsaturated/α-hetero) is 1. The third-order valence-corrected chi connectivity index (χ3v) is 4.57. The first-order valence-electron chi connectivity index (χ1n) is 7.58. The predicted octanol–water partition coefficient (Wildman–Crippen LogP) is 3.91. The van der Waals surface area contributed by atoms with Crippen molar-refractivity contribution < 1.29 is 4.79 Å². The number of piperidine rings is 1. The van der Waals surface area contributed by atoms with Gasteiger partial charge in [0, 0.05) is 23.9 Å². The summed E-state index contributed by atoms with van der Waals surface area (Å²) in [7, 11) is 0. The number of nitrogens with one attached hydrogen (secondary N) is 1. The maximum Gasteiger partial charge on any atom is 0.142 e. The lowest BCUT2D eigenvalue weighted by Crippen LogP contribution is -2.46. The van der Waals surface area contributed by atoms with Gasteiger partial charge in [-0.05, 0) is 11.1 Å². The molecule has 108 valence electrons. The van der Waals surface area contributed by atoms with Gasteiger partial charge in [0.25, 0.3) is 0 Å². The van der Waals surface area contributed by atoms with E-state index in [0.29, 0.717) is 5.78 Å². The zero-order valence-corrected chi connectivity index (χ0v) is 12.5. The molecule has 2 nitrogen and oxygen atoms in total. The number of hydrogen-bond donors (Lipinski definition) is 1. The van der Waals surface area contributed by atoms with Crippen LogP contribution in [0.3, 0.4) is 0 Å². The molecule has 0 aliphatic carbocycles. The van der Waals surface area contributed by atoms with E-state index >= 15 is 0 Å². The molecule has 0 amide bonds. The first-order valence-corrected chi connectivity index (χ1v) is 7.58. The van der Waals surface area contributed by atoms with E-state index in [9.17, 15) is 4.79 Å². The molecule has 0 spiro atoms. The number of hydrogen-bond acceptors (Lipinski definition) is 2. The summed E-state index contributed by atoms with van der Waals surface area (Å²) in [4.78, 5) is 12.7. The third-order valence-electron chi connectivity index (χ3n) is 4.57. The summed E-state index contributed by atoms with van der Waals surface area (Å²) in [5.74, 6) is 0.348. The molecule has 1 aliphatic rings. The second kappa shape index (κ2) is 5.82. The zero-order valence-electron chi connectivity index (χ0n) is 12.5. The van der Waals surface area contributed by atoms with E-state index in [-0.39, 0.29) is 23.9 Å². The van der Waals surface area contributed by atoms with Crippen LogP contribution in [-0.4, -0.2) is 5.78 Å². The summed E-state index contributed by atoms with van der Waals surface area (Å²) >= 11 is 0. The van der Waals surface area contributed by atoms with E-state index in [0.717, 1.165) is 0 Å². The van der Waals surface area contributed by atoms with Crippen LogP contribution in [0.5, 0.6) is 0 Å². The van der Waals surface area contributed by atoms with E-state index in [4.69, 9.17) is 0 Å². The second-order valence-electron chi connectivity index (χ2n) is 5.92. The van der Waals surface area contributed by atoms with Gasteiger partial charge in [0.2, 0.25) is 0 Å². The molecule has 2 aromatic carbocycles. The molecule has 3 rings (SSSR count). The Balaban J connectivity index is 1.95. The van der Waals surface area contributed by atoms with Crippen molar-refractivity contribution in [3.63, 3.8) is 0 Å². The molecule has 1 saturated heterocycles. The van der Waals surface area contributed by atoms with Gasteiger partial charge in [-0.3, -0.25) is 4.79 Å². The number of rotatable bonds is 2. The Labute approximate surface area is 126 Å². The Morgan fingerprint density at radius 3 is 1.48 bits per heavy atom. The van der Waals surface area contributed by atoms with Crippen LogP contribution in [0.2, 0.25) is 0 Å². The van der Waals surface area contributed by atoms with Gasteiger partial charge in [-0.25, -0.2) is 0 Å². The summed E-state index contributed by atoms with van der Waals surface area (Å²) in [6, 6.07) is 20.7. The predicted molar refractivity (Wildman–Crippen MR) is 84.8 cm³/mol. The fourth-order valence-corrected chi connectivity index (χ4v) is 3.32. The van der Waals surface area contributed by atoms with E-state index < -0.39 is 0 Å². The van der Waals surface area contributed by atoms with Crippen LogP contribution in [0, 0.1) is 11.8 Å². The minimum atomic E-state index is 0.00219. The summed E-state index contributed by atoms with van der Waals surface area (Å²) < 4.78 is 0. The topological polar surface area (TPSA) is 29.1 Å². The lowest BCUT2D eigenvalue weighted by atomic mass is 9.76. The third kappa shape index (κ3) is 2.64. The Morgan fingerprint density at radius 2 is 1.10 bits per heavy atom. The fourth-order valence-electron chi connectivity index (χ4n) is 3.32. The Hall–Kier alpha value is -1.93. The highest BCUT2D eigenvalue weighted by atomic mass is 16.1. The molecular formula is C19H21NO. The van der Waals surface area contributed by atoms with Gasteiger partial charge in [0.1, 0.15) is 5.78 Å². The molecule has 2 heteroatoms. The van der Waals surface area contributed by atoms with Gasteiger partial charge >= 0.3 is 0 Å². The minimum absolute atomic E-state index is 0.00219. The van der Waals surface area contributed by atoms with Crippen LogP contribution in [-0.2, 0) is 4.79 Å². The number of carbonyl (C=O) groups is 1. The molecule has 1 aliphatic heterocycles. The second-order valence-corrected chi connectivity index (χ2v) is 5.92. The van der Waals surface area contributed by atoms with Gasteiger partial charge in [-0.1, -0.05) is 74.5 Å². The highest BCUT2D eigenvalue weighted by molar-refractivity contribution is 5.85. The first kappa shape index (κ1) is 14.0. The van der Waals surface area contributed by atoms with Crippen LogP contribution in [0.1, 0.15) is 37.1 Å². The van der Waals surface area contributed by atoms with Crippen molar-refractivity contribution in [1.82, 2.24) is 5.32 Å². The number of benzene rings is 2. The van der Waals surface area contributed by atoms with Gasteiger partial charge < -0.3 is 5.32 Å². The lowest BCUT2D eigenvalue weighted by Gasteiger charge is -2.39. The van der Waals surface area contributed by atoms with Crippen molar-refractivity contribution in [3.05, 3.63) is 71.8 Å². The minimum Gasteiger partial charge on any atom is -0.302 e. The van der Waals surface area contributed by atoms with Crippen LogP contribution in [0.4, 0.5) is 0 Å². The van der Waals surface area contributed by atoms with Crippen molar-refractivity contribution in [1.29, 1.82) is 0 Å². The molecule has 4 atom stereocenters. The van der Waals surface area contributed by atoms with Crippen molar-refractivity contribution in [2.75, 3.05) is 0 Å². The quantitative estimate of drug-likeness (QED) is 0.903. The number of ketones is 1. The smallest absolute Gasteiger partial charge is 0.142 e. The summed E-state index contributed by atoms with van der Waals surface area (Å²) in [6.07, 6.45) is 0. The SMILES string of the molecule is CC1C(=O)C(C)C(c2ccccc2)NC1c1ccccc1. The Bertz CT molecular complexity index is 554. The highest BCUT2D eigenvalue weighted by Gasteiger charge is 2.39. The summed E-state index contributed by atoms with van der Waals surface area (Å²) in [6.45, 7) is 4.06. The van der Waals surface area contributed by atoms with Crippen molar-refractivity contribution >= 4 is 5.78 Å². The normalized spacial score (nSPS) is 29.3. The van der Waals surface area contributed by atoms with E-state index in [2.05, 4.69) is 29.6 Å². The van der Waals surface area contributed by atoms with Gasteiger partial charge in [0.05, 0.1) is 0 Å². The van der Waals surface area contributed by atoms with Gasteiger partial charge in [-0.15, -0.1) is 0 Å².